The quantitative estimate of drug-likeness (QED) is 0.819. The van der Waals surface area contributed by atoms with Crippen LogP contribution in [0.25, 0.3) is 0 Å². The van der Waals surface area contributed by atoms with Crippen molar-refractivity contribution in [3.63, 3.8) is 0 Å². The predicted octanol–water partition coefficient (Wildman–Crippen LogP) is 5.05. The van der Waals surface area contributed by atoms with Gasteiger partial charge in [0.2, 0.25) is 0 Å². The van der Waals surface area contributed by atoms with Gasteiger partial charge in [-0.15, -0.1) is 0 Å². The smallest absolute Gasteiger partial charge is 0.107 e. The first-order chi connectivity index (χ1) is 11.5. The molecular formula is C23H30O2. The number of aliphatic hydroxyl groups excluding tert-OH is 1. The van der Waals surface area contributed by atoms with Crippen LogP contribution in [0.3, 0.4) is 0 Å². The van der Waals surface area contributed by atoms with Crippen LogP contribution in [0.2, 0.25) is 0 Å². The van der Waals surface area contributed by atoms with Gasteiger partial charge in [-0.2, -0.15) is 0 Å². The molecule has 0 amide bonds. The number of hydrogen-bond acceptors (Lipinski definition) is 2. The van der Waals surface area contributed by atoms with Gasteiger partial charge in [0.15, 0.2) is 0 Å². The van der Waals surface area contributed by atoms with Gasteiger partial charge in [0.25, 0.3) is 0 Å². The van der Waals surface area contributed by atoms with Crippen LogP contribution in [0.1, 0.15) is 75.8 Å². The van der Waals surface area contributed by atoms with Crippen LogP contribution in [0, 0.1) is 5.41 Å². The fraction of sp³-hybridized carbons (Fsp3) is 0.478. The van der Waals surface area contributed by atoms with Crippen LogP contribution >= 0.6 is 0 Å². The number of rotatable bonds is 4. The summed E-state index contributed by atoms with van der Waals surface area (Å²) >= 11 is 0. The first-order valence-electron chi connectivity index (χ1n) is 9.15. The fourth-order valence-electron chi connectivity index (χ4n) is 4.63. The summed E-state index contributed by atoms with van der Waals surface area (Å²) in [6, 6.07) is 16.0. The van der Waals surface area contributed by atoms with E-state index in [0.29, 0.717) is 5.92 Å². The molecule has 2 atom stereocenters. The zero-order valence-corrected chi connectivity index (χ0v) is 16.2. The Morgan fingerprint density at radius 3 is 2.04 bits per heavy atom. The zero-order valence-electron chi connectivity index (χ0n) is 16.2. The van der Waals surface area contributed by atoms with E-state index in [4.69, 9.17) is 0 Å². The van der Waals surface area contributed by atoms with Crippen LogP contribution in [0.4, 0.5) is 0 Å². The topological polar surface area (TPSA) is 40.5 Å². The Morgan fingerprint density at radius 2 is 1.48 bits per heavy atom. The molecule has 25 heavy (non-hydrogen) atoms. The molecule has 0 bridgehead atoms. The average molecular weight is 338 g/mol. The average Bonchev–Trinajstić information content (AvgIpc) is 2.60. The van der Waals surface area contributed by atoms with E-state index >= 15 is 0 Å². The molecular weight excluding hydrogens is 308 g/mol. The molecule has 2 aromatic carbocycles. The Hall–Kier alpha value is -1.64. The fourth-order valence-corrected chi connectivity index (χ4v) is 4.63. The molecule has 0 spiro atoms. The molecule has 1 aliphatic rings. The number of fused-ring (bicyclic) bond motifs is 1. The van der Waals surface area contributed by atoms with Crippen molar-refractivity contribution in [2.24, 2.45) is 5.41 Å². The van der Waals surface area contributed by atoms with Gasteiger partial charge in [-0.1, -0.05) is 90.1 Å². The highest BCUT2D eigenvalue weighted by atomic mass is 16.3. The van der Waals surface area contributed by atoms with Crippen molar-refractivity contribution >= 4 is 0 Å². The van der Waals surface area contributed by atoms with E-state index in [1.807, 2.05) is 44.2 Å². The van der Waals surface area contributed by atoms with Gasteiger partial charge in [0.05, 0.1) is 6.10 Å². The van der Waals surface area contributed by atoms with Gasteiger partial charge in [-0.25, -0.2) is 0 Å². The molecule has 0 heterocycles. The lowest BCUT2D eigenvalue weighted by atomic mass is 9.45. The molecule has 2 N–H and O–H groups in total. The van der Waals surface area contributed by atoms with E-state index in [1.165, 1.54) is 11.1 Å². The van der Waals surface area contributed by atoms with E-state index in [9.17, 15) is 10.2 Å². The van der Waals surface area contributed by atoms with Gasteiger partial charge in [-0.3, -0.25) is 0 Å². The van der Waals surface area contributed by atoms with Gasteiger partial charge in [0.1, 0.15) is 5.60 Å². The molecule has 3 rings (SSSR count). The molecule has 0 radical (unpaired) electrons. The largest absolute Gasteiger partial charge is 0.388 e. The minimum atomic E-state index is -1.10. The van der Waals surface area contributed by atoms with Gasteiger partial charge in [-0.05, 0) is 28.2 Å². The monoisotopic (exact) mass is 338 g/mol. The Kier molecular flexibility index (Phi) is 4.13. The Balaban J connectivity index is 2.09. The van der Waals surface area contributed by atoms with Crippen molar-refractivity contribution < 1.29 is 10.2 Å². The van der Waals surface area contributed by atoms with Crippen LogP contribution in [-0.2, 0) is 11.0 Å². The van der Waals surface area contributed by atoms with Gasteiger partial charge < -0.3 is 10.2 Å². The molecule has 2 nitrogen and oxygen atoms in total. The van der Waals surface area contributed by atoms with E-state index in [-0.39, 0.29) is 0 Å². The summed E-state index contributed by atoms with van der Waals surface area (Å²) in [5, 5.41) is 22.9. The predicted molar refractivity (Wildman–Crippen MR) is 103 cm³/mol. The van der Waals surface area contributed by atoms with Crippen LogP contribution < -0.4 is 0 Å². The second kappa shape index (κ2) is 5.69. The van der Waals surface area contributed by atoms with Crippen LogP contribution in [0.5, 0.6) is 0 Å². The maximum atomic E-state index is 11.8. The third-order valence-electron chi connectivity index (χ3n) is 6.41. The standard InChI is InChI=1S/C23H30O2/c1-15(2)17-12-13-18-19(14-17)21(3,4)23(18,25)22(5,6)20(24)16-10-8-7-9-11-16/h7-15,20,24-25H,1-6H3/t20-,23+/m1/s1. The molecule has 0 unspecified atom stereocenters. The highest BCUT2D eigenvalue weighted by molar-refractivity contribution is 5.55. The lowest BCUT2D eigenvalue weighted by Gasteiger charge is -2.62. The van der Waals surface area contributed by atoms with Crippen molar-refractivity contribution in [1.82, 2.24) is 0 Å². The van der Waals surface area contributed by atoms with Crippen molar-refractivity contribution in [2.45, 2.75) is 64.6 Å². The summed E-state index contributed by atoms with van der Waals surface area (Å²) < 4.78 is 0. The zero-order chi connectivity index (χ0) is 18.6. The molecule has 2 aromatic rings. The SMILES string of the molecule is CC(C)c1ccc2c(c1)C(C)(C)[C@]2(O)C(C)(C)[C@H](O)c1ccccc1. The van der Waals surface area contributed by atoms with Gasteiger partial charge in [0, 0.05) is 10.8 Å². The summed E-state index contributed by atoms with van der Waals surface area (Å²) in [6.45, 7) is 12.5. The number of hydrogen-bond donors (Lipinski definition) is 2. The highest BCUT2D eigenvalue weighted by Gasteiger charge is 2.66. The van der Waals surface area contributed by atoms with Crippen LogP contribution in [0.15, 0.2) is 48.5 Å². The summed E-state index contributed by atoms with van der Waals surface area (Å²) in [7, 11) is 0. The third-order valence-corrected chi connectivity index (χ3v) is 6.41. The summed E-state index contributed by atoms with van der Waals surface area (Å²) in [6.07, 6.45) is -0.754. The second-order valence-corrected chi connectivity index (χ2v) is 8.83. The first-order valence-corrected chi connectivity index (χ1v) is 9.15. The summed E-state index contributed by atoms with van der Waals surface area (Å²) in [5.74, 6) is 0.456. The molecule has 0 saturated heterocycles. The summed E-state index contributed by atoms with van der Waals surface area (Å²) in [5.41, 5.74) is 2.01. The van der Waals surface area contributed by atoms with E-state index < -0.39 is 22.5 Å². The Bertz CT molecular complexity index is 774. The Labute approximate surface area is 151 Å². The Morgan fingerprint density at radius 1 is 0.880 bits per heavy atom. The lowest BCUT2D eigenvalue weighted by Crippen LogP contribution is -2.64. The molecule has 0 aliphatic heterocycles. The maximum absolute atomic E-state index is 11.8. The molecule has 134 valence electrons. The van der Waals surface area contributed by atoms with Crippen molar-refractivity contribution in [3.8, 4) is 0 Å². The molecule has 0 aromatic heterocycles. The number of benzene rings is 2. The van der Waals surface area contributed by atoms with Crippen LogP contribution in [-0.4, -0.2) is 10.2 Å². The second-order valence-electron chi connectivity index (χ2n) is 8.83. The van der Waals surface area contributed by atoms with E-state index in [2.05, 4.69) is 45.9 Å². The van der Waals surface area contributed by atoms with Crippen molar-refractivity contribution in [3.05, 3.63) is 70.8 Å². The van der Waals surface area contributed by atoms with Gasteiger partial charge >= 0.3 is 0 Å². The van der Waals surface area contributed by atoms with Crippen molar-refractivity contribution in [1.29, 1.82) is 0 Å². The minimum absolute atomic E-state index is 0.424. The maximum Gasteiger partial charge on any atom is 0.107 e. The molecule has 2 heteroatoms. The molecule has 0 fully saturated rings. The van der Waals surface area contributed by atoms with Crippen molar-refractivity contribution in [2.75, 3.05) is 0 Å². The molecule has 1 aliphatic carbocycles. The minimum Gasteiger partial charge on any atom is -0.388 e. The number of aliphatic hydroxyl groups is 2. The molecule has 0 saturated carbocycles. The lowest BCUT2D eigenvalue weighted by molar-refractivity contribution is -0.193. The van der Waals surface area contributed by atoms with E-state index in [1.54, 1.807) is 0 Å². The summed E-state index contributed by atoms with van der Waals surface area (Å²) in [4.78, 5) is 0. The highest BCUT2D eigenvalue weighted by Crippen LogP contribution is 2.65. The third kappa shape index (κ3) is 2.31. The first kappa shape index (κ1) is 18.2. The van der Waals surface area contributed by atoms with E-state index in [0.717, 1.165) is 11.1 Å². The normalized spacial score (nSPS) is 23.1.